The number of nitriles is 2. The van der Waals surface area contributed by atoms with E-state index in [2.05, 4.69) is 60.7 Å². The molecule has 0 fully saturated rings. The molecule has 0 saturated heterocycles. The van der Waals surface area contributed by atoms with Gasteiger partial charge in [-0.2, -0.15) is 10.5 Å². The van der Waals surface area contributed by atoms with Gasteiger partial charge in [0.15, 0.2) is 0 Å². The molecular weight excluding hydrogens is 352 g/mol. The Morgan fingerprint density at radius 2 is 1.52 bits per heavy atom. The summed E-state index contributed by atoms with van der Waals surface area (Å²) in [6.45, 7) is -0.132. The number of nitrogens with zero attached hydrogens (tertiary/aromatic N) is 2. The minimum absolute atomic E-state index is 0.132. The Morgan fingerprint density at radius 3 is 2.19 bits per heavy atom. The predicted molar refractivity (Wildman–Crippen MR) is 111 cm³/mol. The van der Waals surface area contributed by atoms with Gasteiger partial charge in [-0.15, -0.1) is 11.8 Å². The van der Waals surface area contributed by atoms with Gasteiger partial charge in [0, 0.05) is 18.8 Å². The summed E-state index contributed by atoms with van der Waals surface area (Å²) in [6, 6.07) is 23.3. The van der Waals surface area contributed by atoms with Crippen LogP contribution in [0.2, 0.25) is 0 Å². The van der Waals surface area contributed by atoms with Gasteiger partial charge >= 0.3 is 0 Å². The van der Waals surface area contributed by atoms with Gasteiger partial charge in [-0.1, -0.05) is 54.6 Å². The predicted octanol–water partition coefficient (Wildman–Crippen LogP) is 5.50. The zero-order chi connectivity index (χ0) is 18.8. The molecule has 0 bridgehead atoms. The number of aliphatic hydroxyl groups excluding tert-OH is 1. The molecule has 3 nitrogen and oxygen atoms in total. The Bertz CT molecular complexity index is 1240. The molecule has 0 heterocycles. The van der Waals surface area contributed by atoms with Crippen molar-refractivity contribution in [2.45, 2.75) is 12.2 Å². The molecule has 0 aliphatic rings. The van der Waals surface area contributed by atoms with Gasteiger partial charge in [0.25, 0.3) is 0 Å². The SMILES string of the molecule is N#C/C(CCO)=C(/C#N)SCc1ccc2ccc3cccc4ccc1c2c34. The highest BCUT2D eigenvalue weighted by Gasteiger charge is 2.12. The van der Waals surface area contributed by atoms with E-state index in [1.165, 1.54) is 44.1 Å². The van der Waals surface area contributed by atoms with E-state index < -0.39 is 0 Å². The lowest BCUT2D eigenvalue weighted by Crippen LogP contribution is -1.92. The molecule has 130 valence electrons. The van der Waals surface area contributed by atoms with E-state index in [0.717, 1.165) is 5.56 Å². The monoisotopic (exact) mass is 368 g/mol. The van der Waals surface area contributed by atoms with E-state index in [-0.39, 0.29) is 13.0 Å². The Labute approximate surface area is 161 Å². The van der Waals surface area contributed by atoms with E-state index in [0.29, 0.717) is 16.2 Å². The van der Waals surface area contributed by atoms with Crippen molar-refractivity contribution in [2.75, 3.05) is 6.61 Å². The maximum atomic E-state index is 9.41. The maximum Gasteiger partial charge on any atom is 0.107 e. The highest BCUT2D eigenvalue weighted by Crippen LogP contribution is 2.37. The molecule has 0 aliphatic carbocycles. The molecule has 27 heavy (non-hydrogen) atoms. The molecule has 0 unspecified atom stereocenters. The normalized spacial score (nSPS) is 12.3. The fourth-order valence-corrected chi connectivity index (χ4v) is 4.53. The number of benzene rings is 4. The highest BCUT2D eigenvalue weighted by molar-refractivity contribution is 8.02. The molecule has 4 rings (SSSR count). The molecule has 4 aromatic carbocycles. The summed E-state index contributed by atoms with van der Waals surface area (Å²) in [6.07, 6.45) is 0.213. The highest BCUT2D eigenvalue weighted by atomic mass is 32.2. The average molecular weight is 368 g/mol. The summed E-state index contributed by atoms with van der Waals surface area (Å²) in [4.78, 5) is 0.386. The average Bonchev–Trinajstić information content (AvgIpc) is 2.72. The van der Waals surface area contributed by atoms with Crippen LogP contribution in [-0.4, -0.2) is 11.7 Å². The zero-order valence-corrected chi connectivity index (χ0v) is 15.4. The largest absolute Gasteiger partial charge is 0.396 e. The topological polar surface area (TPSA) is 67.8 Å². The lowest BCUT2D eigenvalue weighted by molar-refractivity contribution is 0.300. The summed E-state index contributed by atoms with van der Waals surface area (Å²) in [5.41, 5.74) is 1.49. The third kappa shape index (κ3) is 3.00. The van der Waals surface area contributed by atoms with Crippen LogP contribution in [0.4, 0.5) is 0 Å². The molecule has 0 amide bonds. The van der Waals surface area contributed by atoms with Gasteiger partial charge in [-0.25, -0.2) is 0 Å². The summed E-state index contributed by atoms with van der Waals surface area (Å²) < 4.78 is 0. The maximum absolute atomic E-state index is 9.41. The van der Waals surface area contributed by atoms with Crippen LogP contribution in [0.3, 0.4) is 0 Å². The van der Waals surface area contributed by atoms with Gasteiger partial charge in [0.05, 0.1) is 16.5 Å². The molecule has 0 atom stereocenters. The number of aliphatic hydroxyl groups is 1. The number of thioether (sulfide) groups is 1. The summed E-state index contributed by atoms with van der Waals surface area (Å²) in [7, 11) is 0. The van der Waals surface area contributed by atoms with Crippen molar-refractivity contribution in [1.29, 1.82) is 10.5 Å². The Morgan fingerprint density at radius 1 is 0.852 bits per heavy atom. The number of hydrogen-bond donors (Lipinski definition) is 1. The minimum Gasteiger partial charge on any atom is -0.396 e. The molecular formula is C23H16N2OS. The molecule has 1 N–H and O–H groups in total. The van der Waals surface area contributed by atoms with Crippen LogP contribution in [0.5, 0.6) is 0 Å². The summed E-state index contributed by atoms with van der Waals surface area (Å²) in [5.74, 6) is 0.605. The van der Waals surface area contributed by atoms with Crippen LogP contribution in [0.1, 0.15) is 12.0 Å². The van der Waals surface area contributed by atoms with E-state index in [9.17, 15) is 10.5 Å². The van der Waals surface area contributed by atoms with Gasteiger partial charge in [0.2, 0.25) is 0 Å². The Kier molecular flexibility index (Phi) is 4.69. The molecule has 0 radical (unpaired) electrons. The second-order valence-corrected chi connectivity index (χ2v) is 7.36. The van der Waals surface area contributed by atoms with Crippen LogP contribution >= 0.6 is 11.8 Å². The van der Waals surface area contributed by atoms with Crippen molar-refractivity contribution in [1.82, 2.24) is 0 Å². The van der Waals surface area contributed by atoms with Crippen molar-refractivity contribution < 1.29 is 5.11 Å². The van der Waals surface area contributed by atoms with Gasteiger partial charge in [0.1, 0.15) is 6.07 Å². The molecule has 4 heteroatoms. The van der Waals surface area contributed by atoms with Gasteiger partial charge in [-0.05, 0) is 37.9 Å². The first-order valence-electron chi connectivity index (χ1n) is 8.69. The fourth-order valence-electron chi connectivity index (χ4n) is 3.59. The van der Waals surface area contributed by atoms with E-state index in [4.69, 9.17) is 5.11 Å². The molecule has 0 aromatic heterocycles. The van der Waals surface area contributed by atoms with E-state index >= 15 is 0 Å². The first kappa shape index (κ1) is 17.4. The van der Waals surface area contributed by atoms with E-state index in [1.807, 2.05) is 6.07 Å². The van der Waals surface area contributed by atoms with Crippen LogP contribution in [0.25, 0.3) is 32.3 Å². The van der Waals surface area contributed by atoms with Crippen molar-refractivity contribution in [3.8, 4) is 12.1 Å². The lowest BCUT2D eigenvalue weighted by atomic mass is 9.92. The quantitative estimate of drug-likeness (QED) is 0.373. The van der Waals surface area contributed by atoms with Crippen LogP contribution in [0.15, 0.2) is 65.1 Å². The van der Waals surface area contributed by atoms with Gasteiger partial charge < -0.3 is 5.11 Å². The molecule has 0 aliphatic heterocycles. The minimum atomic E-state index is -0.132. The number of allylic oxidation sites excluding steroid dienone is 1. The molecule has 4 aromatic rings. The van der Waals surface area contributed by atoms with Crippen LogP contribution in [0, 0.1) is 22.7 Å². The third-order valence-electron chi connectivity index (χ3n) is 4.86. The van der Waals surface area contributed by atoms with Crippen molar-refractivity contribution in [3.63, 3.8) is 0 Å². The van der Waals surface area contributed by atoms with E-state index in [1.54, 1.807) is 0 Å². The first-order chi connectivity index (χ1) is 13.3. The summed E-state index contributed by atoms with van der Waals surface area (Å²) >= 11 is 1.36. The second kappa shape index (κ2) is 7.29. The van der Waals surface area contributed by atoms with Crippen LogP contribution < -0.4 is 0 Å². The molecule has 0 saturated carbocycles. The standard InChI is InChI=1S/C23H16N2OS/c24-12-18(10-11-26)21(13-25)27-14-19-7-6-17-5-4-15-2-1-3-16-8-9-20(19)23(17)22(15)16/h1-9,26H,10-11,14H2/b21-18-. The van der Waals surface area contributed by atoms with Crippen molar-refractivity contribution >= 4 is 44.1 Å². The molecule has 0 spiro atoms. The second-order valence-electron chi connectivity index (χ2n) is 6.37. The number of hydrogen-bond acceptors (Lipinski definition) is 4. The third-order valence-corrected chi connectivity index (χ3v) is 5.95. The smallest absolute Gasteiger partial charge is 0.107 e. The van der Waals surface area contributed by atoms with Crippen molar-refractivity contribution in [3.05, 3.63) is 70.6 Å². The lowest BCUT2D eigenvalue weighted by Gasteiger charge is -2.13. The summed E-state index contributed by atoms with van der Waals surface area (Å²) in [5, 5.41) is 35.1. The number of rotatable bonds is 5. The van der Waals surface area contributed by atoms with Crippen LogP contribution in [-0.2, 0) is 5.75 Å². The fraction of sp³-hybridized carbons (Fsp3) is 0.130. The Balaban J connectivity index is 1.81. The van der Waals surface area contributed by atoms with Crippen molar-refractivity contribution in [2.24, 2.45) is 0 Å². The van der Waals surface area contributed by atoms with Gasteiger partial charge in [-0.3, -0.25) is 0 Å². The first-order valence-corrected chi connectivity index (χ1v) is 9.68. The zero-order valence-electron chi connectivity index (χ0n) is 14.6. The Hall–Kier alpha value is -3.05.